The first-order valence-electron chi connectivity index (χ1n) is 4.05. The Labute approximate surface area is 76.3 Å². The Bertz CT molecular complexity index is 356. The fraction of sp³-hybridized carbons (Fsp3) is 0.375. The zero-order valence-corrected chi connectivity index (χ0v) is 7.74. The highest BCUT2D eigenvalue weighted by Gasteiger charge is 2.06. The maximum atomic E-state index is 11.5. The van der Waals surface area contributed by atoms with Gasteiger partial charge in [-0.15, -0.1) is 0 Å². The minimum Gasteiger partial charge on any atom is -0.393 e. The lowest BCUT2D eigenvalue weighted by molar-refractivity contribution is 0.580. The summed E-state index contributed by atoms with van der Waals surface area (Å²) in [5.74, 6) is 5.17. The van der Waals surface area contributed by atoms with Crippen molar-refractivity contribution in [2.24, 2.45) is 5.84 Å². The molecule has 0 aliphatic rings. The fourth-order valence-electron chi connectivity index (χ4n) is 1.10. The number of hydrazine groups is 1. The molecule has 0 fully saturated rings. The second kappa shape index (κ2) is 3.49. The van der Waals surface area contributed by atoms with Crippen molar-refractivity contribution >= 4 is 11.4 Å². The minimum absolute atomic E-state index is 0.0987. The topological polar surface area (TPSA) is 86.1 Å². The van der Waals surface area contributed by atoms with Crippen molar-refractivity contribution in [1.82, 2.24) is 4.57 Å². The molecule has 0 spiro atoms. The summed E-state index contributed by atoms with van der Waals surface area (Å²) in [5.41, 5.74) is 8.31. The monoisotopic (exact) mass is 182 g/mol. The number of hydrogen-bond donors (Lipinski definition) is 3. The Kier molecular flexibility index (Phi) is 2.57. The Morgan fingerprint density at radius 1 is 1.54 bits per heavy atom. The van der Waals surface area contributed by atoms with Crippen LogP contribution < -0.4 is 22.6 Å². The molecule has 1 aromatic heterocycles. The maximum Gasteiger partial charge on any atom is 0.276 e. The maximum absolute atomic E-state index is 11.5. The van der Waals surface area contributed by atoms with Gasteiger partial charge in [-0.2, -0.15) is 0 Å². The average Bonchev–Trinajstić information content (AvgIpc) is 2.09. The molecule has 13 heavy (non-hydrogen) atoms. The zero-order chi connectivity index (χ0) is 10.0. The van der Waals surface area contributed by atoms with Crippen LogP contribution in [-0.4, -0.2) is 4.57 Å². The summed E-state index contributed by atoms with van der Waals surface area (Å²) in [4.78, 5) is 11.5. The predicted octanol–water partition coefficient (Wildman–Crippen LogP) is 0.297. The van der Waals surface area contributed by atoms with Crippen LogP contribution in [-0.2, 0) is 0 Å². The van der Waals surface area contributed by atoms with Crippen molar-refractivity contribution < 1.29 is 0 Å². The molecule has 0 aliphatic carbocycles. The van der Waals surface area contributed by atoms with E-state index in [2.05, 4.69) is 5.43 Å². The van der Waals surface area contributed by atoms with Crippen molar-refractivity contribution in [3.63, 3.8) is 0 Å². The number of hydrogen-bond acceptors (Lipinski definition) is 4. The molecular weight excluding hydrogens is 168 g/mol. The van der Waals surface area contributed by atoms with Gasteiger partial charge >= 0.3 is 0 Å². The van der Waals surface area contributed by atoms with Crippen LogP contribution >= 0.6 is 0 Å². The highest BCUT2D eigenvalue weighted by atomic mass is 16.1. The van der Waals surface area contributed by atoms with E-state index in [1.165, 1.54) is 0 Å². The second-order valence-corrected chi connectivity index (χ2v) is 3.09. The highest BCUT2D eigenvalue weighted by Crippen LogP contribution is 2.12. The van der Waals surface area contributed by atoms with Crippen LogP contribution in [0.25, 0.3) is 0 Å². The van der Waals surface area contributed by atoms with Gasteiger partial charge in [-0.3, -0.25) is 10.6 Å². The number of nitrogens with two attached hydrogens (primary N) is 2. The summed E-state index contributed by atoms with van der Waals surface area (Å²) >= 11 is 0. The summed E-state index contributed by atoms with van der Waals surface area (Å²) in [7, 11) is 0. The third-order valence-electron chi connectivity index (χ3n) is 1.87. The van der Waals surface area contributed by atoms with Gasteiger partial charge in [0.25, 0.3) is 5.56 Å². The van der Waals surface area contributed by atoms with Gasteiger partial charge in [-0.1, -0.05) is 0 Å². The lowest BCUT2D eigenvalue weighted by atomic mass is 10.3. The van der Waals surface area contributed by atoms with Crippen molar-refractivity contribution in [2.75, 3.05) is 11.2 Å². The number of anilines is 2. The van der Waals surface area contributed by atoms with Crippen molar-refractivity contribution in [3.8, 4) is 0 Å². The van der Waals surface area contributed by atoms with Crippen LogP contribution in [0.5, 0.6) is 0 Å². The summed E-state index contributed by atoms with van der Waals surface area (Å²) in [6.07, 6.45) is 1.67. The van der Waals surface area contributed by atoms with E-state index in [4.69, 9.17) is 11.6 Å². The van der Waals surface area contributed by atoms with Crippen LogP contribution in [0.15, 0.2) is 17.1 Å². The van der Waals surface area contributed by atoms with Crippen LogP contribution in [0.2, 0.25) is 0 Å². The Hall–Kier alpha value is -1.49. The molecule has 0 radical (unpaired) electrons. The van der Waals surface area contributed by atoms with E-state index in [9.17, 15) is 4.79 Å². The molecule has 0 bridgehead atoms. The van der Waals surface area contributed by atoms with Gasteiger partial charge in [-0.05, 0) is 19.9 Å². The molecule has 5 nitrogen and oxygen atoms in total. The van der Waals surface area contributed by atoms with E-state index < -0.39 is 0 Å². The van der Waals surface area contributed by atoms with Crippen LogP contribution in [0.4, 0.5) is 11.4 Å². The molecular formula is C8H14N4O. The van der Waals surface area contributed by atoms with Gasteiger partial charge in [0.05, 0.1) is 5.69 Å². The van der Waals surface area contributed by atoms with Crippen LogP contribution in [0.3, 0.4) is 0 Å². The smallest absolute Gasteiger partial charge is 0.276 e. The quantitative estimate of drug-likeness (QED) is 0.453. The van der Waals surface area contributed by atoms with Crippen molar-refractivity contribution in [3.05, 3.63) is 22.6 Å². The predicted molar refractivity (Wildman–Crippen MR) is 53.3 cm³/mol. The van der Waals surface area contributed by atoms with E-state index in [0.717, 1.165) is 0 Å². The normalized spacial score (nSPS) is 10.5. The summed E-state index contributed by atoms with van der Waals surface area (Å²) in [6, 6.07) is 1.78. The van der Waals surface area contributed by atoms with E-state index in [0.29, 0.717) is 5.69 Å². The van der Waals surface area contributed by atoms with Crippen LogP contribution in [0.1, 0.15) is 19.9 Å². The highest BCUT2D eigenvalue weighted by molar-refractivity contribution is 5.63. The standard InChI is InChI=1S/C8H14N4O/c1-5(2)12-4-3-6(11-10)7(9)8(12)13/h3-5,11H,9-10H2,1-2H3. The van der Waals surface area contributed by atoms with Gasteiger partial charge in [0.2, 0.25) is 0 Å². The molecule has 0 atom stereocenters. The van der Waals surface area contributed by atoms with Crippen molar-refractivity contribution in [2.45, 2.75) is 19.9 Å². The molecule has 5 N–H and O–H groups in total. The zero-order valence-electron chi connectivity index (χ0n) is 7.74. The largest absolute Gasteiger partial charge is 0.393 e. The van der Waals surface area contributed by atoms with Gasteiger partial charge in [0.1, 0.15) is 5.69 Å². The Balaban J connectivity index is 3.32. The number of nitrogens with one attached hydrogen (secondary N) is 1. The molecule has 1 aromatic rings. The van der Waals surface area contributed by atoms with Gasteiger partial charge in [0, 0.05) is 12.2 Å². The molecule has 0 saturated carbocycles. The molecule has 0 unspecified atom stereocenters. The molecule has 0 aromatic carbocycles. The Morgan fingerprint density at radius 2 is 2.15 bits per heavy atom. The summed E-state index contributed by atoms with van der Waals surface area (Å²) in [5, 5.41) is 0. The van der Waals surface area contributed by atoms with E-state index in [1.54, 1.807) is 16.8 Å². The van der Waals surface area contributed by atoms with Gasteiger partial charge < -0.3 is 15.7 Å². The number of nitrogens with zero attached hydrogens (tertiary/aromatic N) is 1. The number of rotatable bonds is 2. The first kappa shape index (κ1) is 9.60. The summed E-state index contributed by atoms with van der Waals surface area (Å²) < 4.78 is 1.55. The van der Waals surface area contributed by atoms with Crippen LogP contribution in [0, 0.1) is 0 Å². The molecule has 5 heteroatoms. The number of nitrogen functional groups attached to an aromatic ring is 2. The third-order valence-corrected chi connectivity index (χ3v) is 1.87. The third kappa shape index (κ3) is 1.65. The second-order valence-electron chi connectivity index (χ2n) is 3.09. The lowest BCUT2D eigenvalue weighted by Crippen LogP contribution is -2.26. The Morgan fingerprint density at radius 3 is 2.62 bits per heavy atom. The number of pyridine rings is 1. The fourth-order valence-corrected chi connectivity index (χ4v) is 1.10. The molecule has 0 amide bonds. The average molecular weight is 182 g/mol. The SMILES string of the molecule is CC(C)n1ccc(NN)c(N)c1=O. The number of aromatic nitrogens is 1. The summed E-state index contributed by atoms with van der Waals surface area (Å²) in [6.45, 7) is 3.83. The molecule has 1 rings (SSSR count). The van der Waals surface area contributed by atoms with Gasteiger partial charge in [-0.25, -0.2) is 0 Å². The van der Waals surface area contributed by atoms with E-state index >= 15 is 0 Å². The molecule has 0 aliphatic heterocycles. The molecule has 1 heterocycles. The first-order valence-corrected chi connectivity index (χ1v) is 4.05. The van der Waals surface area contributed by atoms with E-state index in [1.807, 2.05) is 13.8 Å². The minimum atomic E-state index is -0.217. The lowest BCUT2D eigenvalue weighted by Gasteiger charge is -2.12. The molecule has 72 valence electrons. The van der Waals surface area contributed by atoms with Gasteiger partial charge in [0.15, 0.2) is 0 Å². The molecule has 0 saturated heterocycles. The van der Waals surface area contributed by atoms with E-state index in [-0.39, 0.29) is 17.3 Å². The van der Waals surface area contributed by atoms with Crippen molar-refractivity contribution in [1.29, 1.82) is 0 Å². The first-order chi connectivity index (χ1) is 6.07.